The van der Waals surface area contributed by atoms with E-state index in [-0.39, 0.29) is 0 Å². The number of carbonyl (C=O) groups is 1. The van der Waals surface area contributed by atoms with Crippen LogP contribution in [0.15, 0.2) is 23.2 Å². The first-order valence-corrected chi connectivity index (χ1v) is 12.3. The van der Waals surface area contributed by atoms with Gasteiger partial charge in [0.05, 0.1) is 23.1 Å². The molecule has 0 N–H and O–H groups in total. The Morgan fingerprint density at radius 2 is 2.18 bits per heavy atom. The topological polar surface area (TPSA) is 81.0 Å². The van der Waals surface area contributed by atoms with Crippen molar-refractivity contribution < 1.29 is 17.9 Å². The summed E-state index contributed by atoms with van der Waals surface area (Å²) < 4.78 is 33.7. The molecule has 1 aliphatic rings. The number of piperidine rings is 1. The largest absolute Gasteiger partial charge is 0.380 e. The lowest BCUT2D eigenvalue weighted by Crippen LogP contribution is -2.47. The summed E-state index contributed by atoms with van der Waals surface area (Å²) in [5.74, 6) is -0.423. The van der Waals surface area contributed by atoms with Gasteiger partial charge in [-0.25, -0.2) is 8.42 Å². The van der Waals surface area contributed by atoms with E-state index in [0.29, 0.717) is 42.5 Å². The van der Waals surface area contributed by atoms with Crippen LogP contribution in [0.2, 0.25) is 5.02 Å². The summed E-state index contributed by atoms with van der Waals surface area (Å²) in [7, 11) is -3.46. The Balaban J connectivity index is 2.01. The van der Waals surface area contributed by atoms with Gasteiger partial charge in [-0.2, -0.15) is 9.30 Å². The van der Waals surface area contributed by atoms with Crippen molar-refractivity contribution in [1.82, 2.24) is 8.87 Å². The predicted molar refractivity (Wildman–Crippen MR) is 111 cm³/mol. The fourth-order valence-electron chi connectivity index (χ4n) is 3.37. The third kappa shape index (κ3) is 4.83. The number of halogens is 1. The Bertz CT molecular complexity index is 1030. The number of amides is 1. The van der Waals surface area contributed by atoms with Gasteiger partial charge in [0.25, 0.3) is 5.91 Å². The minimum absolute atomic E-state index is 0.358. The third-order valence-corrected chi connectivity index (χ3v) is 7.24. The summed E-state index contributed by atoms with van der Waals surface area (Å²) in [5, 5.41) is 0.610. The average molecular weight is 446 g/mol. The molecule has 1 atom stereocenters. The fourth-order valence-corrected chi connectivity index (χ4v) is 5.82. The van der Waals surface area contributed by atoms with E-state index < -0.39 is 22.0 Å². The van der Waals surface area contributed by atoms with Gasteiger partial charge < -0.3 is 9.30 Å². The van der Waals surface area contributed by atoms with Gasteiger partial charge in [-0.1, -0.05) is 29.4 Å². The third-order valence-electron chi connectivity index (χ3n) is 4.68. The quantitative estimate of drug-likeness (QED) is 0.640. The van der Waals surface area contributed by atoms with Gasteiger partial charge in [-0.3, -0.25) is 4.79 Å². The molecule has 0 bridgehead atoms. The molecule has 3 rings (SSSR count). The van der Waals surface area contributed by atoms with Gasteiger partial charge >= 0.3 is 0 Å². The highest BCUT2D eigenvalue weighted by atomic mass is 35.5. The van der Waals surface area contributed by atoms with Crippen LogP contribution in [0.3, 0.4) is 0 Å². The highest BCUT2D eigenvalue weighted by molar-refractivity contribution is 7.88. The van der Waals surface area contributed by atoms with Crippen molar-refractivity contribution in [3.63, 3.8) is 0 Å². The lowest BCUT2D eigenvalue weighted by Gasteiger charge is -2.31. The summed E-state index contributed by atoms with van der Waals surface area (Å²) in [6.45, 7) is 3.92. The summed E-state index contributed by atoms with van der Waals surface area (Å²) in [6, 6.07) is 4.79. The van der Waals surface area contributed by atoms with E-state index in [4.69, 9.17) is 16.3 Å². The molecule has 1 fully saturated rings. The van der Waals surface area contributed by atoms with E-state index in [9.17, 15) is 13.2 Å². The molecule has 1 aliphatic heterocycles. The van der Waals surface area contributed by atoms with Gasteiger partial charge in [-0.15, -0.1) is 0 Å². The molecule has 1 amide bonds. The van der Waals surface area contributed by atoms with Crippen molar-refractivity contribution in [3.8, 4) is 0 Å². The van der Waals surface area contributed by atoms with Crippen LogP contribution in [0.25, 0.3) is 10.2 Å². The zero-order valence-corrected chi connectivity index (χ0v) is 18.3. The first-order chi connectivity index (χ1) is 13.3. The average Bonchev–Trinajstić information content (AvgIpc) is 2.97. The molecule has 0 aliphatic carbocycles. The molecule has 1 saturated heterocycles. The summed E-state index contributed by atoms with van der Waals surface area (Å²) in [6.07, 6.45) is 3.20. The minimum Gasteiger partial charge on any atom is -0.380 e. The number of sulfonamides is 1. The smallest absolute Gasteiger partial charge is 0.266 e. The number of benzene rings is 1. The van der Waals surface area contributed by atoms with Crippen molar-refractivity contribution in [2.24, 2.45) is 4.99 Å². The van der Waals surface area contributed by atoms with Crippen molar-refractivity contribution in [2.45, 2.75) is 38.8 Å². The maximum atomic E-state index is 12.9. The van der Waals surface area contributed by atoms with E-state index in [1.807, 2.05) is 23.6 Å². The Labute approximate surface area is 173 Å². The Kier molecular flexibility index (Phi) is 6.93. The number of carbonyl (C=O) groups excluding carboxylic acids is 1. The molecule has 7 nitrogen and oxygen atoms in total. The van der Waals surface area contributed by atoms with Crippen LogP contribution < -0.4 is 4.80 Å². The molecular formula is C18H24ClN3O4S2. The number of nitrogens with zero attached hydrogens (tertiary/aromatic N) is 3. The van der Waals surface area contributed by atoms with Crippen LogP contribution in [0.5, 0.6) is 0 Å². The SMILES string of the molecule is CCOCCn1c(=NC(=O)C2CCCCN2S(C)(=O)=O)sc2cc(Cl)ccc21. The Morgan fingerprint density at radius 1 is 1.39 bits per heavy atom. The van der Waals surface area contributed by atoms with Crippen molar-refractivity contribution >= 4 is 49.1 Å². The zero-order valence-electron chi connectivity index (χ0n) is 15.9. The molecule has 1 unspecified atom stereocenters. The maximum Gasteiger partial charge on any atom is 0.266 e. The van der Waals surface area contributed by atoms with E-state index in [0.717, 1.165) is 29.3 Å². The van der Waals surface area contributed by atoms with Gasteiger partial charge in [0.15, 0.2) is 4.80 Å². The second-order valence-corrected chi connectivity index (χ2v) is 10.1. The Hall–Kier alpha value is -1.26. The number of rotatable bonds is 6. The monoisotopic (exact) mass is 445 g/mol. The first kappa shape index (κ1) is 21.4. The molecule has 0 radical (unpaired) electrons. The molecule has 28 heavy (non-hydrogen) atoms. The van der Waals surface area contributed by atoms with Crippen molar-refractivity contribution in [3.05, 3.63) is 28.0 Å². The molecule has 1 aromatic heterocycles. The predicted octanol–water partition coefficient (Wildman–Crippen LogP) is 2.63. The summed E-state index contributed by atoms with van der Waals surface area (Å²) in [5.41, 5.74) is 0.921. The van der Waals surface area contributed by atoms with E-state index in [1.165, 1.54) is 15.6 Å². The Morgan fingerprint density at radius 3 is 2.89 bits per heavy atom. The van der Waals surface area contributed by atoms with Crippen molar-refractivity contribution in [2.75, 3.05) is 26.0 Å². The maximum absolute atomic E-state index is 12.9. The van der Waals surface area contributed by atoms with E-state index in [1.54, 1.807) is 6.07 Å². The molecule has 2 heterocycles. The van der Waals surface area contributed by atoms with Gasteiger partial charge in [0, 0.05) is 24.7 Å². The first-order valence-electron chi connectivity index (χ1n) is 9.23. The summed E-state index contributed by atoms with van der Waals surface area (Å²) >= 11 is 7.47. The zero-order chi connectivity index (χ0) is 20.3. The number of hydrogen-bond donors (Lipinski definition) is 0. The molecule has 2 aromatic rings. The fraction of sp³-hybridized carbons (Fsp3) is 0.556. The van der Waals surface area contributed by atoms with Crippen LogP contribution in [-0.4, -0.2) is 55.3 Å². The molecule has 0 saturated carbocycles. The normalized spacial score (nSPS) is 19.4. The second kappa shape index (κ2) is 9.04. The number of fused-ring (bicyclic) bond motifs is 1. The number of hydrogen-bond acceptors (Lipinski definition) is 5. The second-order valence-electron chi connectivity index (χ2n) is 6.68. The number of thiazole rings is 1. The van der Waals surface area contributed by atoms with Crippen LogP contribution in [0, 0.1) is 0 Å². The molecule has 10 heteroatoms. The van der Waals surface area contributed by atoms with Crippen LogP contribution in [0.4, 0.5) is 0 Å². The molecule has 1 aromatic carbocycles. The lowest BCUT2D eigenvalue weighted by atomic mass is 10.0. The molecular weight excluding hydrogens is 422 g/mol. The highest BCUT2D eigenvalue weighted by Gasteiger charge is 2.34. The standard InChI is InChI=1S/C18H24ClN3O4S2/c1-3-26-11-10-21-14-8-7-13(19)12-16(14)27-18(21)20-17(23)15-6-4-5-9-22(15)28(2,24)25/h7-8,12,15H,3-6,9-11H2,1-2H3. The lowest BCUT2D eigenvalue weighted by molar-refractivity contribution is -0.122. The van der Waals surface area contributed by atoms with Gasteiger partial charge in [0.2, 0.25) is 10.0 Å². The minimum atomic E-state index is -3.46. The van der Waals surface area contributed by atoms with Crippen LogP contribution in [0.1, 0.15) is 26.2 Å². The van der Waals surface area contributed by atoms with Crippen molar-refractivity contribution in [1.29, 1.82) is 0 Å². The number of ether oxygens (including phenoxy) is 1. The van der Waals surface area contributed by atoms with Crippen LogP contribution in [-0.2, 0) is 26.1 Å². The number of aromatic nitrogens is 1. The molecule has 154 valence electrons. The van der Waals surface area contributed by atoms with E-state index >= 15 is 0 Å². The summed E-state index contributed by atoms with van der Waals surface area (Å²) in [4.78, 5) is 17.8. The van der Waals surface area contributed by atoms with Gasteiger partial charge in [-0.05, 0) is 38.0 Å². The van der Waals surface area contributed by atoms with Gasteiger partial charge in [0.1, 0.15) is 6.04 Å². The van der Waals surface area contributed by atoms with E-state index in [2.05, 4.69) is 4.99 Å². The molecule has 0 spiro atoms. The van der Waals surface area contributed by atoms with Crippen LogP contribution >= 0.6 is 22.9 Å². The highest BCUT2D eigenvalue weighted by Crippen LogP contribution is 2.23.